The fourth-order valence-corrected chi connectivity index (χ4v) is 4.03. The highest BCUT2D eigenvalue weighted by molar-refractivity contribution is 7.99. The molecule has 0 aliphatic carbocycles. The zero-order valence-electron chi connectivity index (χ0n) is 9.99. The Hall–Kier alpha value is -0.253. The Kier molecular flexibility index (Phi) is 4.89. The Balaban J connectivity index is 2.55. The molecule has 0 heterocycles. The molecule has 0 aliphatic rings. The van der Waals surface area contributed by atoms with Crippen LogP contribution < -0.4 is 0 Å². The summed E-state index contributed by atoms with van der Waals surface area (Å²) < 4.78 is 6.09. The minimum atomic E-state index is -1.42. The molecule has 0 bridgehead atoms. The van der Waals surface area contributed by atoms with Gasteiger partial charge < -0.3 is 4.43 Å². The first kappa shape index (κ1) is 12.8. The molecule has 0 saturated heterocycles. The Morgan fingerprint density at radius 2 is 1.80 bits per heavy atom. The highest BCUT2D eigenvalue weighted by atomic mass is 32.2. The summed E-state index contributed by atoms with van der Waals surface area (Å²) in [6, 6.07) is 10.5. The smallest absolute Gasteiger partial charge is 0.185 e. The largest absolute Gasteiger partial charge is 0.406 e. The van der Waals surface area contributed by atoms with Crippen LogP contribution in [0.15, 0.2) is 35.2 Å². The topological polar surface area (TPSA) is 9.23 Å². The van der Waals surface area contributed by atoms with E-state index >= 15 is 0 Å². The van der Waals surface area contributed by atoms with E-state index in [2.05, 4.69) is 50.8 Å². The Morgan fingerprint density at radius 3 is 2.27 bits per heavy atom. The van der Waals surface area contributed by atoms with Crippen LogP contribution in [-0.2, 0) is 4.43 Å². The quantitative estimate of drug-likeness (QED) is 0.429. The molecule has 0 fully saturated rings. The van der Waals surface area contributed by atoms with Gasteiger partial charge in [0, 0.05) is 4.90 Å². The molecular formula is C12H20OSSi. The molecule has 1 atom stereocenters. The second-order valence-corrected chi connectivity index (χ2v) is 10.2. The van der Waals surface area contributed by atoms with Crippen molar-refractivity contribution in [3.05, 3.63) is 30.3 Å². The molecule has 0 spiro atoms. The average Bonchev–Trinajstić information content (AvgIpc) is 2.16. The highest BCUT2D eigenvalue weighted by Crippen LogP contribution is 2.28. The first-order valence-electron chi connectivity index (χ1n) is 5.41. The van der Waals surface area contributed by atoms with Crippen molar-refractivity contribution < 1.29 is 4.43 Å². The minimum Gasteiger partial charge on any atom is -0.406 e. The lowest BCUT2D eigenvalue weighted by molar-refractivity contribution is 0.277. The van der Waals surface area contributed by atoms with E-state index < -0.39 is 8.32 Å². The highest BCUT2D eigenvalue weighted by Gasteiger charge is 2.20. The van der Waals surface area contributed by atoms with Crippen LogP contribution >= 0.6 is 11.8 Å². The predicted molar refractivity (Wildman–Crippen MR) is 70.8 cm³/mol. The molecule has 0 aromatic heterocycles. The summed E-state index contributed by atoms with van der Waals surface area (Å²) in [7, 11) is -1.42. The third-order valence-corrected chi connectivity index (χ3v) is 4.23. The van der Waals surface area contributed by atoms with E-state index in [9.17, 15) is 0 Å². The second kappa shape index (κ2) is 5.73. The van der Waals surface area contributed by atoms with Gasteiger partial charge in [-0.25, -0.2) is 0 Å². The summed E-state index contributed by atoms with van der Waals surface area (Å²) in [5.41, 5.74) is 0.305. The van der Waals surface area contributed by atoms with Crippen LogP contribution in [0.4, 0.5) is 0 Å². The predicted octanol–water partition coefficient (Wildman–Crippen LogP) is 4.37. The molecular weight excluding hydrogens is 220 g/mol. The number of rotatable bonds is 5. The summed E-state index contributed by atoms with van der Waals surface area (Å²) in [5, 5.41) is 0. The molecule has 0 aliphatic heterocycles. The van der Waals surface area contributed by atoms with Crippen molar-refractivity contribution >= 4 is 20.1 Å². The van der Waals surface area contributed by atoms with Crippen molar-refractivity contribution in [2.45, 2.75) is 43.3 Å². The van der Waals surface area contributed by atoms with Gasteiger partial charge in [0.15, 0.2) is 8.32 Å². The number of hydrogen-bond donors (Lipinski definition) is 0. The zero-order chi connectivity index (χ0) is 11.3. The van der Waals surface area contributed by atoms with Crippen LogP contribution in [0.3, 0.4) is 0 Å². The van der Waals surface area contributed by atoms with Crippen LogP contribution in [0.25, 0.3) is 0 Å². The van der Waals surface area contributed by atoms with E-state index in [1.54, 1.807) is 0 Å². The maximum atomic E-state index is 6.09. The molecule has 3 heteroatoms. The molecule has 0 saturated carbocycles. The third-order valence-electron chi connectivity index (χ3n) is 1.83. The van der Waals surface area contributed by atoms with Gasteiger partial charge >= 0.3 is 0 Å². The summed E-state index contributed by atoms with van der Waals surface area (Å²) >= 11 is 1.83. The molecule has 1 aromatic carbocycles. The van der Waals surface area contributed by atoms with E-state index in [1.807, 2.05) is 17.8 Å². The number of thioether (sulfide) groups is 1. The van der Waals surface area contributed by atoms with Crippen molar-refractivity contribution in [1.29, 1.82) is 0 Å². The SMILES string of the molecule is CCC(O[Si](C)(C)C)Sc1ccccc1. The lowest BCUT2D eigenvalue weighted by Gasteiger charge is -2.25. The number of hydrogen-bond acceptors (Lipinski definition) is 2. The first-order valence-corrected chi connectivity index (χ1v) is 9.69. The summed E-state index contributed by atoms with van der Waals surface area (Å²) in [6.45, 7) is 8.89. The van der Waals surface area contributed by atoms with Crippen LogP contribution in [0.2, 0.25) is 19.6 Å². The Labute approximate surface area is 98.4 Å². The van der Waals surface area contributed by atoms with Gasteiger partial charge in [0.25, 0.3) is 0 Å². The molecule has 1 unspecified atom stereocenters. The lowest BCUT2D eigenvalue weighted by Crippen LogP contribution is -2.30. The van der Waals surface area contributed by atoms with E-state index in [4.69, 9.17) is 4.43 Å². The minimum absolute atomic E-state index is 0.305. The second-order valence-electron chi connectivity index (χ2n) is 4.50. The summed E-state index contributed by atoms with van der Waals surface area (Å²) in [4.78, 5) is 1.29. The van der Waals surface area contributed by atoms with Gasteiger partial charge in [-0.05, 0) is 38.2 Å². The first-order chi connectivity index (χ1) is 7.01. The van der Waals surface area contributed by atoms with Crippen molar-refractivity contribution in [1.82, 2.24) is 0 Å². The lowest BCUT2D eigenvalue weighted by atomic mass is 10.4. The third kappa shape index (κ3) is 5.40. The van der Waals surface area contributed by atoms with Crippen molar-refractivity contribution in [2.75, 3.05) is 0 Å². The van der Waals surface area contributed by atoms with Gasteiger partial charge in [-0.2, -0.15) is 0 Å². The number of benzene rings is 1. The van der Waals surface area contributed by atoms with E-state index in [1.165, 1.54) is 4.90 Å². The van der Waals surface area contributed by atoms with E-state index in [-0.39, 0.29) is 0 Å². The maximum Gasteiger partial charge on any atom is 0.185 e. The Morgan fingerprint density at radius 1 is 1.20 bits per heavy atom. The summed E-state index contributed by atoms with van der Waals surface area (Å²) in [6.07, 6.45) is 1.06. The van der Waals surface area contributed by atoms with Crippen molar-refractivity contribution in [2.24, 2.45) is 0 Å². The molecule has 0 N–H and O–H groups in total. The van der Waals surface area contributed by atoms with Gasteiger partial charge in [-0.15, -0.1) is 0 Å². The summed E-state index contributed by atoms with van der Waals surface area (Å²) in [5.74, 6) is 0. The van der Waals surface area contributed by atoms with E-state index in [0.717, 1.165) is 6.42 Å². The van der Waals surface area contributed by atoms with Crippen LogP contribution in [0, 0.1) is 0 Å². The average molecular weight is 240 g/mol. The fourth-order valence-electron chi connectivity index (χ4n) is 1.24. The molecule has 0 amide bonds. The van der Waals surface area contributed by atoms with Gasteiger partial charge in [0.05, 0.1) is 5.44 Å². The molecule has 84 valence electrons. The van der Waals surface area contributed by atoms with Crippen LogP contribution in [0.1, 0.15) is 13.3 Å². The van der Waals surface area contributed by atoms with Gasteiger partial charge in [-0.1, -0.05) is 36.9 Å². The molecule has 1 nitrogen and oxygen atoms in total. The fraction of sp³-hybridized carbons (Fsp3) is 0.500. The van der Waals surface area contributed by atoms with Gasteiger partial charge in [0.2, 0.25) is 0 Å². The molecule has 1 aromatic rings. The maximum absolute atomic E-state index is 6.09. The monoisotopic (exact) mass is 240 g/mol. The van der Waals surface area contributed by atoms with Crippen LogP contribution in [-0.4, -0.2) is 13.8 Å². The Bertz CT molecular complexity index is 281. The normalized spacial score (nSPS) is 13.9. The van der Waals surface area contributed by atoms with Crippen LogP contribution in [0.5, 0.6) is 0 Å². The molecule has 0 radical (unpaired) electrons. The van der Waals surface area contributed by atoms with E-state index in [0.29, 0.717) is 5.44 Å². The standard InChI is InChI=1S/C12H20OSSi/c1-5-12(13-15(2,3)4)14-11-9-7-6-8-10-11/h6-10,12H,5H2,1-4H3. The van der Waals surface area contributed by atoms with Gasteiger partial charge in [0.1, 0.15) is 0 Å². The van der Waals surface area contributed by atoms with Crippen molar-refractivity contribution in [3.63, 3.8) is 0 Å². The molecule has 1 rings (SSSR count). The molecule has 15 heavy (non-hydrogen) atoms. The van der Waals surface area contributed by atoms with Crippen molar-refractivity contribution in [3.8, 4) is 0 Å². The van der Waals surface area contributed by atoms with Gasteiger partial charge in [-0.3, -0.25) is 0 Å². The zero-order valence-corrected chi connectivity index (χ0v) is 11.8.